The maximum absolute atomic E-state index is 10.7. The first kappa shape index (κ1) is 9.32. The summed E-state index contributed by atoms with van der Waals surface area (Å²) in [5, 5.41) is 18.2. The molecule has 0 spiro atoms. The zero-order chi connectivity index (χ0) is 9.30. The van der Waals surface area contributed by atoms with Gasteiger partial charge < -0.3 is 15.1 Å². The SMILES string of the molecule is C[C@@H]1C[C@@H](O)[C@@H](C)CN1C(=O)O. The number of amides is 1. The van der Waals surface area contributed by atoms with Crippen molar-refractivity contribution in [1.82, 2.24) is 4.90 Å². The summed E-state index contributed by atoms with van der Waals surface area (Å²) in [5.41, 5.74) is 0. The highest BCUT2D eigenvalue weighted by molar-refractivity contribution is 5.65. The van der Waals surface area contributed by atoms with Gasteiger partial charge >= 0.3 is 6.09 Å². The Morgan fingerprint density at radius 3 is 2.58 bits per heavy atom. The van der Waals surface area contributed by atoms with Crippen LogP contribution in [0.5, 0.6) is 0 Å². The second-order valence-corrected chi connectivity index (χ2v) is 3.56. The molecule has 1 saturated heterocycles. The molecule has 0 aliphatic carbocycles. The van der Waals surface area contributed by atoms with Crippen molar-refractivity contribution >= 4 is 6.09 Å². The fourth-order valence-corrected chi connectivity index (χ4v) is 1.59. The number of rotatable bonds is 0. The summed E-state index contributed by atoms with van der Waals surface area (Å²) in [7, 11) is 0. The number of aliphatic hydroxyl groups excluding tert-OH is 1. The van der Waals surface area contributed by atoms with Gasteiger partial charge in [-0.2, -0.15) is 0 Å². The van der Waals surface area contributed by atoms with Crippen molar-refractivity contribution in [3.8, 4) is 0 Å². The van der Waals surface area contributed by atoms with Gasteiger partial charge in [0.15, 0.2) is 0 Å². The van der Waals surface area contributed by atoms with Crippen molar-refractivity contribution in [3.05, 3.63) is 0 Å². The average Bonchev–Trinajstić information content (AvgIpc) is 1.96. The summed E-state index contributed by atoms with van der Waals surface area (Å²) in [6.07, 6.45) is -0.690. The van der Waals surface area contributed by atoms with Crippen molar-refractivity contribution < 1.29 is 15.0 Å². The van der Waals surface area contributed by atoms with Gasteiger partial charge in [0.2, 0.25) is 0 Å². The van der Waals surface area contributed by atoms with Crippen molar-refractivity contribution in [2.45, 2.75) is 32.4 Å². The second-order valence-electron chi connectivity index (χ2n) is 3.56. The fourth-order valence-electron chi connectivity index (χ4n) is 1.59. The molecule has 1 aliphatic heterocycles. The predicted molar refractivity (Wildman–Crippen MR) is 44.0 cm³/mol. The quantitative estimate of drug-likeness (QED) is 0.568. The Labute approximate surface area is 71.8 Å². The Kier molecular flexibility index (Phi) is 2.57. The zero-order valence-electron chi connectivity index (χ0n) is 7.40. The van der Waals surface area contributed by atoms with Gasteiger partial charge in [0.05, 0.1) is 6.10 Å². The smallest absolute Gasteiger partial charge is 0.407 e. The number of likely N-dealkylation sites (tertiary alicyclic amines) is 1. The van der Waals surface area contributed by atoms with Gasteiger partial charge in [-0.3, -0.25) is 0 Å². The normalized spacial score (nSPS) is 36.6. The molecular weight excluding hydrogens is 158 g/mol. The van der Waals surface area contributed by atoms with Crippen molar-refractivity contribution in [2.75, 3.05) is 6.54 Å². The molecule has 0 aromatic rings. The molecule has 0 saturated carbocycles. The molecule has 4 nitrogen and oxygen atoms in total. The highest BCUT2D eigenvalue weighted by Gasteiger charge is 2.32. The number of carboxylic acid groups (broad SMARTS) is 1. The predicted octanol–water partition coefficient (Wildman–Crippen LogP) is 0.756. The first-order valence-corrected chi connectivity index (χ1v) is 4.20. The van der Waals surface area contributed by atoms with E-state index in [0.29, 0.717) is 13.0 Å². The van der Waals surface area contributed by atoms with E-state index in [1.807, 2.05) is 13.8 Å². The maximum Gasteiger partial charge on any atom is 0.407 e. The van der Waals surface area contributed by atoms with E-state index in [9.17, 15) is 9.90 Å². The first-order chi connectivity index (χ1) is 5.52. The summed E-state index contributed by atoms with van der Waals surface area (Å²) in [6, 6.07) is -0.0614. The largest absolute Gasteiger partial charge is 0.465 e. The number of nitrogens with zero attached hydrogens (tertiary/aromatic N) is 1. The van der Waals surface area contributed by atoms with Gasteiger partial charge in [-0.05, 0) is 19.3 Å². The molecule has 4 heteroatoms. The van der Waals surface area contributed by atoms with Crippen molar-refractivity contribution in [2.24, 2.45) is 5.92 Å². The molecule has 0 bridgehead atoms. The molecule has 3 atom stereocenters. The molecule has 0 aromatic carbocycles. The van der Waals surface area contributed by atoms with E-state index in [2.05, 4.69) is 0 Å². The zero-order valence-corrected chi connectivity index (χ0v) is 7.40. The highest BCUT2D eigenvalue weighted by Crippen LogP contribution is 2.21. The Morgan fingerprint density at radius 2 is 2.08 bits per heavy atom. The van der Waals surface area contributed by atoms with Gasteiger partial charge in [-0.25, -0.2) is 4.79 Å². The number of piperidine rings is 1. The first-order valence-electron chi connectivity index (χ1n) is 4.20. The molecule has 1 amide bonds. The molecule has 0 aromatic heterocycles. The molecular formula is C8H15NO3. The van der Waals surface area contributed by atoms with E-state index < -0.39 is 6.09 Å². The van der Waals surface area contributed by atoms with Gasteiger partial charge in [-0.15, -0.1) is 0 Å². The molecule has 2 N–H and O–H groups in total. The summed E-state index contributed by atoms with van der Waals surface area (Å²) < 4.78 is 0. The minimum absolute atomic E-state index is 0.0531. The Hall–Kier alpha value is -0.770. The van der Waals surface area contributed by atoms with E-state index in [1.165, 1.54) is 4.90 Å². The molecule has 1 aliphatic rings. The van der Waals surface area contributed by atoms with Crippen LogP contribution in [0.3, 0.4) is 0 Å². The molecule has 0 radical (unpaired) electrons. The second kappa shape index (κ2) is 3.31. The Balaban J connectivity index is 2.61. The van der Waals surface area contributed by atoms with Gasteiger partial charge in [0.25, 0.3) is 0 Å². The van der Waals surface area contributed by atoms with Crippen LogP contribution < -0.4 is 0 Å². The van der Waals surface area contributed by atoms with E-state index >= 15 is 0 Å². The third kappa shape index (κ3) is 1.69. The lowest BCUT2D eigenvalue weighted by Gasteiger charge is -2.37. The standard InChI is InChI=1S/C8H15NO3/c1-5-4-9(8(11)12)6(2)3-7(5)10/h5-7,10H,3-4H2,1-2H3,(H,11,12)/t5-,6+,7+/m0/s1. The topological polar surface area (TPSA) is 60.8 Å². The van der Waals surface area contributed by atoms with Gasteiger partial charge in [-0.1, -0.05) is 6.92 Å². The van der Waals surface area contributed by atoms with Crippen LogP contribution in [0.2, 0.25) is 0 Å². The van der Waals surface area contributed by atoms with E-state index in [4.69, 9.17) is 5.11 Å². The van der Waals surface area contributed by atoms with Crippen LogP contribution in [0.1, 0.15) is 20.3 Å². The third-order valence-corrected chi connectivity index (χ3v) is 2.50. The van der Waals surface area contributed by atoms with E-state index in [1.54, 1.807) is 0 Å². The monoisotopic (exact) mass is 173 g/mol. The summed E-state index contributed by atoms with van der Waals surface area (Å²) >= 11 is 0. The van der Waals surface area contributed by atoms with E-state index in [0.717, 1.165) is 0 Å². The lowest BCUT2D eigenvalue weighted by atomic mass is 9.92. The minimum Gasteiger partial charge on any atom is -0.465 e. The fraction of sp³-hybridized carbons (Fsp3) is 0.875. The number of aliphatic hydroxyl groups is 1. The van der Waals surface area contributed by atoms with Crippen LogP contribution in [-0.4, -0.2) is 39.9 Å². The molecule has 1 fully saturated rings. The number of hydrogen-bond acceptors (Lipinski definition) is 2. The van der Waals surface area contributed by atoms with Crippen LogP contribution in [0.25, 0.3) is 0 Å². The van der Waals surface area contributed by atoms with Gasteiger partial charge in [0.1, 0.15) is 0 Å². The number of hydrogen-bond donors (Lipinski definition) is 2. The van der Waals surface area contributed by atoms with Crippen LogP contribution in [0.4, 0.5) is 4.79 Å². The summed E-state index contributed by atoms with van der Waals surface area (Å²) in [6.45, 7) is 4.13. The molecule has 0 unspecified atom stereocenters. The average molecular weight is 173 g/mol. The van der Waals surface area contributed by atoms with Crippen LogP contribution in [0, 0.1) is 5.92 Å². The molecule has 12 heavy (non-hydrogen) atoms. The molecule has 1 rings (SSSR count). The highest BCUT2D eigenvalue weighted by atomic mass is 16.4. The minimum atomic E-state index is -0.888. The third-order valence-electron chi connectivity index (χ3n) is 2.50. The van der Waals surface area contributed by atoms with E-state index in [-0.39, 0.29) is 18.1 Å². The maximum atomic E-state index is 10.7. The Morgan fingerprint density at radius 1 is 1.50 bits per heavy atom. The van der Waals surface area contributed by atoms with Crippen LogP contribution in [-0.2, 0) is 0 Å². The lowest BCUT2D eigenvalue weighted by molar-refractivity contribution is 0.0115. The molecule has 70 valence electrons. The lowest BCUT2D eigenvalue weighted by Crippen LogP contribution is -2.49. The number of carbonyl (C=O) groups is 1. The van der Waals surface area contributed by atoms with Crippen LogP contribution in [0.15, 0.2) is 0 Å². The summed E-state index contributed by atoms with van der Waals surface area (Å²) in [5.74, 6) is 0.0531. The van der Waals surface area contributed by atoms with Crippen molar-refractivity contribution in [3.63, 3.8) is 0 Å². The van der Waals surface area contributed by atoms with Crippen molar-refractivity contribution in [1.29, 1.82) is 0 Å². The summed E-state index contributed by atoms with van der Waals surface area (Å²) in [4.78, 5) is 12.0. The van der Waals surface area contributed by atoms with Gasteiger partial charge in [0, 0.05) is 12.6 Å². The molecule has 1 heterocycles. The Bertz CT molecular complexity index is 183. The van der Waals surface area contributed by atoms with Crippen LogP contribution >= 0.6 is 0 Å².